The number of nitrogens with zero attached hydrogens (tertiary/aromatic N) is 2. The molecule has 4 nitrogen and oxygen atoms in total. The number of hydrogen-bond donors (Lipinski definition) is 1. The molecule has 0 aliphatic heterocycles. The first kappa shape index (κ1) is 11.4. The van der Waals surface area contributed by atoms with E-state index >= 15 is 0 Å². The summed E-state index contributed by atoms with van der Waals surface area (Å²) in [4.78, 5) is 15.3. The Balaban J connectivity index is 2.59. The van der Waals surface area contributed by atoms with E-state index in [4.69, 9.17) is 5.11 Å². The molecular weight excluding hydrogens is 216 g/mol. The van der Waals surface area contributed by atoms with Gasteiger partial charge in [0.2, 0.25) is 0 Å². The normalized spacial score (nSPS) is 10.5. The first-order chi connectivity index (χ1) is 8.00. The van der Waals surface area contributed by atoms with Crippen LogP contribution in [0, 0.1) is 20.8 Å². The van der Waals surface area contributed by atoms with Gasteiger partial charge in [0, 0.05) is 17.1 Å². The van der Waals surface area contributed by atoms with Gasteiger partial charge in [0.15, 0.2) is 0 Å². The summed E-state index contributed by atoms with van der Waals surface area (Å²) >= 11 is 0. The molecule has 2 heterocycles. The summed E-state index contributed by atoms with van der Waals surface area (Å²) in [6.45, 7) is 5.61. The summed E-state index contributed by atoms with van der Waals surface area (Å²) < 4.78 is 1.90. The molecule has 0 spiro atoms. The summed E-state index contributed by atoms with van der Waals surface area (Å²) in [7, 11) is 0. The monoisotopic (exact) mass is 230 g/mol. The molecular formula is C13H14N2O2. The molecule has 2 aromatic heterocycles. The van der Waals surface area contributed by atoms with Crippen molar-refractivity contribution < 1.29 is 9.90 Å². The summed E-state index contributed by atoms with van der Waals surface area (Å²) in [5.74, 6) is -0.899. The van der Waals surface area contributed by atoms with Crippen molar-refractivity contribution in [2.24, 2.45) is 0 Å². The average Bonchev–Trinajstić information content (AvgIpc) is 2.56. The van der Waals surface area contributed by atoms with Gasteiger partial charge in [-0.05, 0) is 39.0 Å². The van der Waals surface area contributed by atoms with Crippen molar-refractivity contribution in [2.45, 2.75) is 20.8 Å². The minimum absolute atomic E-state index is 0.336. The van der Waals surface area contributed by atoms with Gasteiger partial charge in [0.25, 0.3) is 0 Å². The van der Waals surface area contributed by atoms with E-state index in [0.717, 1.165) is 22.8 Å². The van der Waals surface area contributed by atoms with E-state index in [2.05, 4.69) is 4.98 Å². The molecule has 0 bridgehead atoms. The van der Waals surface area contributed by atoms with Crippen molar-refractivity contribution in [1.29, 1.82) is 0 Å². The van der Waals surface area contributed by atoms with Crippen molar-refractivity contribution >= 4 is 5.97 Å². The van der Waals surface area contributed by atoms with Crippen LogP contribution in [0.1, 0.15) is 27.4 Å². The second kappa shape index (κ2) is 4.05. The zero-order valence-electron chi connectivity index (χ0n) is 10.1. The predicted octanol–water partition coefficient (Wildman–Crippen LogP) is 2.50. The number of aryl methyl sites for hydroxylation is 2. The van der Waals surface area contributed by atoms with Gasteiger partial charge in [-0.25, -0.2) is 4.79 Å². The average molecular weight is 230 g/mol. The van der Waals surface area contributed by atoms with E-state index < -0.39 is 5.97 Å². The van der Waals surface area contributed by atoms with Gasteiger partial charge in [0.1, 0.15) is 0 Å². The Morgan fingerprint density at radius 2 is 2.00 bits per heavy atom. The second-order valence-corrected chi connectivity index (χ2v) is 4.08. The SMILES string of the molecule is Cc1ccc(-n2c(C)cc(C(=O)O)c2C)cn1. The summed E-state index contributed by atoms with van der Waals surface area (Å²) in [6.07, 6.45) is 1.75. The molecule has 17 heavy (non-hydrogen) atoms. The van der Waals surface area contributed by atoms with Crippen molar-refractivity contribution in [2.75, 3.05) is 0 Å². The molecule has 0 saturated heterocycles. The molecule has 0 amide bonds. The van der Waals surface area contributed by atoms with Gasteiger partial charge in [-0.1, -0.05) is 0 Å². The lowest BCUT2D eigenvalue weighted by Crippen LogP contribution is -2.03. The number of pyridine rings is 1. The highest BCUT2D eigenvalue weighted by atomic mass is 16.4. The molecule has 0 unspecified atom stereocenters. The van der Waals surface area contributed by atoms with Gasteiger partial charge in [-0.3, -0.25) is 4.98 Å². The highest BCUT2D eigenvalue weighted by Crippen LogP contribution is 2.20. The van der Waals surface area contributed by atoms with Crippen LogP contribution in [-0.4, -0.2) is 20.6 Å². The molecule has 0 aromatic carbocycles. The van der Waals surface area contributed by atoms with Crippen molar-refractivity contribution in [3.8, 4) is 5.69 Å². The number of hydrogen-bond acceptors (Lipinski definition) is 2. The third kappa shape index (κ3) is 1.93. The topological polar surface area (TPSA) is 55.1 Å². The van der Waals surface area contributed by atoms with Crippen LogP contribution in [0.4, 0.5) is 0 Å². The summed E-state index contributed by atoms with van der Waals surface area (Å²) in [5.41, 5.74) is 3.78. The third-order valence-electron chi connectivity index (χ3n) is 2.82. The highest BCUT2D eigenvalue weighted by Gasteiger charge is 2.15. The van der Waals surface area contributed by atoms with Crippen LogP contribution in [0.2, 0.25) is 0 Å². The molecule has 88 valence electrons. The van der Waals surface area contributed by atoms with Crippen LogP contribution in [0.3, 0.4) is 0 Å². The van der Waals surface area contributed by atoms with Crippen LogP contribution >= 0.6 is 0 Å². The molecule has 0 aliphatic carbocycles. The molecule has 2 aromatic rings. The van der Waals surface area contributed by atoms with Crippen molar-refractivity contribution in [1.82, 2.24) is 9.55 Å². The number of rotatable bonds is 2. The maximum absolute atomic E-state index is 11.0. The predicted molar refractivity (Wildman–Crippen MR) is 64.7 cm³/mol. The van der Waals surface area contributed by atoms with Gasteiger partial charge in [-0.15, -0.1) is 0 Å². The zero-order chi connectivity index (χ0) is 12.6. The lowest BCUT2D eigenvalue weighted by molar-refractivity contribution is 0.0696. The molecule has 0 atom stereocenters. The fraction of sp³-hybridized carbons (Fsp3) is 0.231. The van der Waals surface area contributed by atoms with Gasteiger partial charge in [0.05, 0.1) is 17.4 Å². The first-order valence-corrected chi connectivity index (χ1v) is 5.36. The van der Waals surface area contributed by atoms with Gasteiger partial charge >= 0.3 is 5.97 Å². The lowest BCUT2D eigenvalue weighted by atomic mass is 10.2. The molecule has 0 aliphatic rings. The fourth-order valence-corrected chi connectivity index (χ4v) is 1.97. The minimum atomic E-state index is -0.899. The molecule has 0 saturated carbocycles. The van der Waals surface area contributed by atoms with Gasteiger partial charge < -0.3 is 9.67 Å². The highest BCUT2D eigenvalue weighted by molar-refractivity contribution is 5.89. The Hall–Kier alpha value is -2.10. The largest absolute Gasteiger partial charge is 0.478 e. The quantitative estimate of drug-likeness (QED) is 0.862. The second-order valence-electron chi connectivity index (χ2n) is 4.08. The Morgan fingerprint density at radius 1 is 1.29 bits per heavy atom. The smallest absolute Gasteiger partial charge is 0.337 e. The number of carboxylic acid groups (broad SMARTS) is 1. The third-order valence-corrected chi connectivity index (χ3v) is 2.82. The van der Waals surface area contributed by atoms with E-state index in [0.29, 0.717) is 5.56 Å². The number of aromatic nitrogens is 2. The molecule has 2 rings (SSSR count). The molecule has 4 heteroatoms. The van der Waals surface area contributed by atoms with Crippen molar-refractivity contribution in [3.63, 3.8) is 0 Å². The lowest BCUT2D eigenvalue weighted by Gasteiger charge is -2.09. The fourth-order valence-electron chi connectivity index (χ4n) is 1.97. The van der Waals surface area contributed by atoms with E-state index in [9.17, 15) is 4.79 Å². The van der Waals surface area contributed by atoms with Crippen LogP contribution in [0.25, 0.3) is 5.69 Å². The maximum Gasteiger partial charge on any atom is 0.337 e. The van der Waals surface area contributed by atoms with Crippen LogP contribution in [0.5, 0.6) is 0 Å². The first-order valence-electron chi connectivity index (χ1n) is 5.36. The van der Waals surface area contributed by atoms with Crippen LogP contribution < -0.4 is 0 Å². The van der Waals surface area contributed by atoms with Crippen LogP contribution in [0.15, 0.2) is 24.4 Å². The van der Waals surface area contributed by atoms with Gasteiger partial charge in [-0.2, -0.15) is 0 Å². The molecule has 0 radical (unpaired) electrons. The van der Waals surface area contributed by atoms with Crippen LogP contribution in [-0.2, 0) is 0 Å². The Kier molecular flexibility index (Phi) is 2.71. The maximum atomic E-state index is 11.0. The summed E-state index contributed by atoms with van der Waals surface area (Å²) in [6, 6.07) is 5.53. The Morgan fingerprint density at radius 3 is 2.47 bits per heavy atom. The zero-order valence-corrected chi connectivity index (χ0v) is 10.1. The van der Waals surface area contributed by atoms with E-state index in [1.165, 1.54) is 0 Å². The number of carbonyl (C=O) groups is 1. The molecule has 0 fully saturated rings. The van der Waals surface area contributed by atoms with E-state index in [1.807, 2.05) is 30.5 Å². The number of carboxylic acids is 1. The van der Waals surface area contributed by atoms with E-state index in [-0.39, 0.29) is 0 Å². The minimum Gasteiger partial charge on any atom is -0.478 e. The number of aromatic carboxylic acids is 1. The Bertz CT molecular complexity index is 568. The standard InChI is InChI=1S/C13H14N2O2/c1-8-4-5-11(7-14-8)15-9(2)6-12(10(15)3)13(16)17/h4-7H,1-3H3,(H,16,17). The van der Waals surface area contributed by atoms with Crippen molar-refractivity contribution in [3.05, 3.63) is 47.0 Å². The Labute approximate surface area is 99.5 Å². The summed E-state index contributed by atoms with van der Waals surface area (Å²) in [5, 5.41) is 9.07. The van der Waals surface area contributed by atoms with E-state index in [1.54, 1.807) is 19.2 Å². The molecule has 1 N–H and O–H groups in total.